The third-order valence-electron chi connectivity index (χ3n) is 5.83. The van der Waals surface area contributed by atoms with Crippen LogP contribution in [0.5, 0.6) is 0 Å². The van der Waals surface area contributed by atoms with Crippen molar-refractivity contribution in [3.63, 3.8) is 0 Å². The first-order chi connectivity index (χ1) is 14.9. The Kier molecular flexibility index (Phi) is 5.63. The van der Waals surface area contributed by atoms with Crippen molar-refractivity contribution in [2.75, 3.05) is 6.54 Å². The van der Waals surface area contributed by atoms with Crippen molar-refractivity contribution in [1.29, 1.82) is 0 Å². The van der Waals surface area contributed by atoms with Crippen LogP contribution in [0.4, 0.5) is 0 Å². The van der Waals surface area contributed by atoms with Crippen LogP contribution in [-0.2, 0) is 0 Å². The fraction of sp³-hybridized carbons (Fsp3) is 0.391. The van der Waals surface area contributed by atoms with E-state index in [1.54, 1.807) is 11.8 Å². The summed E-state index contributed by atoms with van der Waals surface area (Å²) in [5.41, 5.74) is 6.39. The Morgan fingerprint density at radius 1 is 1.32 bits per heavy atom. The fourth-order valence-electron chi connectivity index (χ4n) is 3.87. The molecule has 4 rings (SSSR count). The minimum Gasteiger partial charge on any atom is -0.417 e. The molecule has 4 heterocycles. The monoisotopic (exact) mass is 420 g/mol. The van der Waals surface area contributed by atoms with Gasteiger partial charge in [-0.25, -0.2) is 4.52 Å². The molecule has 0 aliphatic carbocycles. The standard InChI is InChI=1S/C23H28N6O2/c1-6-14(2)13-24-18-9-11-28(23(30)22-26-25-17(5)31-22)21(16(18)4)19-12-20-15(3)8-7-10-29(20)27-19/h7-8,10,12-13,21,24H,6,9,11H2,1-5H3. The number of amides is 1. The number of aryl methyl sites for hydroxylation is 2. The highest BCUT2D eigenvalue weighted by molar-refractivity contribution is 5.90. The molecular formula is C23H28N6O2. The van der Waals surface area contributed by atoms with Crippen molar-refractivity contribution in [1.82, 2.24) is 30.0 Å². The van der Waals surface area contributed by atoms with Crippen molar-refractivity contribution in [3.8, 4) is 0 Å². The molecule has 0 spiro atoms. The normalized spacial score (nSPS) is 17.5. The van der Waals surface area contributed by atoms with Crippen molar-refractivity contribution < 1.29 is 9.21 Å². The van der Waals surface area contributed by atoms with Gasteiger partial charge >= 0.3 is 11.8 Å². The third-order valence-corrected chi connectivity index (χ3v) is 5.83. The lowest BCUT2D eigenvalue weighted by Gasteiger charge is -2.36. The molecule has 0 aromatic carbocycles. The number of fused-ring (bicyclic) bond motifs is 1. The Morgan fingerprint density at radius 2 is 2.13 bits per heavy atom. The van der Waals surface area contributed by atoms with E-state index in [0.717, 1.165) is 34.5 Å². The maximum absolute atomic E-state index is 13.3. The summed E-state index contributed by atoms with van der Waals surface area (Å²) in [7, 11) is 0. The minimum atomic E-state index is -0.328. The van der Waals surface area contributed by atoms with Crippen LogP contribution < -0.4 is 5.32 Å². The van der Waals surface area contributed by atoms with E-state index < -0.39 is 0 Å². The van der Waals surface area contributed by atoms with E-state index in [0.29, 0.717) is 18.9 Å². The zero-order valence-electron chi connectivity index (χ0n) is 18.6. The summed E-state index contributed by atoms with van der Waals surface area (Å²) in [6.45, 7) is 10.5. The molecule has 0 saturated heterocycles. The van der Waals surface area contributed by atoms with Gasteiger partial charge in [0.15, 0.2) is 0 Å². The van der Waals surface area contributed by atoms with Crippen molar-refractivity contribution in [2.45, 2.75) is 53.5 Å². The van der Waals surface area contributed by atoms with E-state index in [1.165, 1.54) is 5.57 Å². The molecular weight excluding hydrogens is 392 g/mol. The lowest BCUT2D eigenvalue weighted by Crippen LogP contribution is -2.41. The van der Waals surface area contributed by atoms with E-state index in [-0.39, 0.29) is 17.8 Å². The van der Waals surface area contributed by atoms with Gasteiger partial charge in [0, 0.05) is 31.8 Å². The second-order valence-electron chi connectivity index (χ2n) is 8.02. The zero-order chi connectivity index (χ0) is 22.1. The molecule has 0 bridgehead atoms. The fourth-order valence-corrected chi connectivity index (χ4v) is 3.87. The van der Waals surface area contributed by atoms with Crippen LogP contribution in [0.2, 0.25) is 0 Å². The Labute approximate surface area is 181 Å². The summed E-state index contributed by atoms with van der Waals surface area (Å²) >= 11 is 0. The average molecular weight is 421 g/mol. The van der Waals surface area contributed by atoms with Crippen LogP contribution in [0.1, 0.15) is 67.5 Å². The molecule has 3 aromatic rings. The predicted octanol–water partition coefficient (Wildman–Crippen LogP) is 4.10. The van der Waals surface area contributed by atoms with E-state index in [2.05, 4.69) is 55.3 Å². The van der Waals surface area contributed by atoms with Gasteiger partial charge in [-0.2, -0.15) is 5.10 Å². The van der Waals surface area contributed by atoms with Crippen LogP contribution in [0.3, 0.4) is 0 Å². The number of hydrogen-bond donors (Lipinski definition) is 1. The number of rotatable bonds is 5. The van der Waals surface area contributed by atoms with Gasteiger partial charge in [-0.05, 0) is 56.7 Å². The number of hydrogen-bond acceptors (Lipinski definition) is 6. The Hall–Kier alpha value is -3.42. The summed E-state index contributed by atoms with van der Waals surface area (Å²) in [6, 6.07) is 5.75. The highest BCUT2D eigenvalue weighted by Crippen LogP contribution is 2.36. The lowest BCUT2D eigenvalue weighted by atomic mass is 9.95. The summed E-state index contributed by atoms with van der Waals surface area (Å²) in [5, 5.41) is 16.0. The van der Waals surface area contributed by atoms with Crippen LogP contribution in [0, 0.1) is 13.8 Å². The van der Waals surface area contributed by atoms with E-state index in [1.807, 2.05) is 23.0 Å². The average Bonchev–Trinajstić information content (AvgIpc) is 3.39. The van der Waals surface area contributed by atoms with Gasteiger partial charge in [-0.1, -0.05) is 18.6 Å². The number of carbonyl (C=O) groups excluding carboxylic acids is 1. The molecule has 3 aromatic heterocycles. The second-order valence-corrected chi connectivity index (χ2v) is 8.02. The summed E-state index contributed by atoms with van der Waals surface area (Å²) < 4.78 is 7.30. The highest BCUT2D eigenvalue weighted by Gasteiger charge is 2.36. The first-order valence-electron chi connectivity index (χ1n) is 10.6. The lowest BCUT2D eigenvalue weighted by molar-refractivity contribution is 0.0643. The molecule has 1 N–H and O–H groups in total. The van der Waals surface area contributed by atoms with Crippen molar-refractivity contribution in [2.24, 2.45) is 0 Å². The quantitative estimate of drug-likeness (QED) is 0.669. The number of pyridine rings is 1. The van der Waals surface area contributed by atoms with Gasteiger partial charge in [0.25, 0.3) is 0 Å². The number of carbonyl (C=O) groups is 1. The molecule has 1 atom stereocenters. The van der Waals surface area contributed by atoms with Crippen molar-refractivity contribution >= 4 is 11.4 Å². The molecule has 1 aliphatic heterocycles. The van der Waals surface area contributed by atoms with E-state index >= 15 is 0 Å². The summed E-state index contributed by atoms with van der Waals surface area (Å²) in [5.74, 6) is 0.0986. The number of nitrogens with one attached hydrogen (secondary N) is 1. The van der Waals surface area contributed by atoms with E-state index in [4.69, 9.17) is 9.52 Å². The largest absolute Gasteiger partial charge is 0.417 e. The summed E-state index contributed by atoms with van der Waals surface area (Å²) in [4.78, 5) is 15.1. The van der Waals surface area contributed by atoms with Crippen LogP contribution in [0.25, 0.3) is 5.52 Å². The molecule has 0 fully saturated rings. The molecule has 1 unspecified atom stereocenters. The Morgan fingerprint density at radius 3 is 2.81 bits per heavy atom. The number of nitrogens with zero attached hydrogens (tertiary/aromatic N) is 5. The molecule has 8 heteroatoms. The maximum Gasteiger partial charge on any atom is 0.312 e. The SMILES string of the molecule is CCC(C)=CNC1=C(C)C(c2cc3c(C)cccn3n2)N(C(=O)c2nnc(C)o2)CC1. The topological polar surface area (TPSA) is 88.6 Å². The van der Waals surface area contributed by atoms with E-state index in [9.17, 15) is 4.79 Å². The van der Waals surface area contributed by atoms with Crippen LogP contribution in [0.15, 0.2) is 51.9 Å². The van der Waals surface area contributed by atoms with Gasteiger partial charge in [-0.3, -0.25) is 4.79 Å². The van der Waals surface area contributed by atoms with Crippen LogP contribution in [-0.4, -0.2) is 37.2 Å². The minimum absolute atomic E-state index is 0.00776. The molecule has 1 amide bonds. The maximum atomic E-state index is 13.3. The zero-order valence-corrected chi connectivity index (χ0v) is 18.6. The molecule has 162 valence electrons. The van der Waals surface area contributed by atoms with Gasteiger partial charge in [0.1, 0.15) is 0 Å². The van der Waals surface area contributed by atoms with Crippen molar-refractivity contribution in [3.05, 3.63) is 70.5 Å². The molecule has 31 heavy (non-hydrogen) atoms. The van der Waals surface area contributed by atoms with Gasteiger partial charge in [-0.15, -0.1) is 10.2 Å². The Balaban J connectivity index is 1.79. The first-order valence-corrected chi connectivity index (χ1v) is 10.6. The molecule has 8 nitrogen and oxygen atoms in total. The molecule has 0 radical (unpaired) electrons. The highest BCUT2D eigenvalue weighted by atomic mass is 16.4. The molecule has 0 saturated carbocycles. The third kappa shape index (κ3) is 3.97. The molecule has 1 aliphatic rings. The summed E-state index contributed by atoms with van der Waals surface area (Å²) in [6.07, 6.45) is 5.66. The van der Waals surface area contributed by atoms with Crippen LogP contribution >= 0.6 is 0 Å². The Bertz CT molecular complexity index is 1190. The second kappa shape index (κ2) is 8.37. The number of aromatic nitrogens is 4. The van der Waals surface area contributed by atoms with Gasteiger partial charge in [0.05, 0.1) is 17.3 Å². The number of allylic oxidation sites excluding steroid dienone is 1. The predicted molar refractivity (Wildman–Crippen MR) is 117 cm³/mol. The smallest absolute Gasteiger partial charge is 0.312 e. The van der Waals surface area contributed by atoms with Gasteiger partial charge in [0.2, 0.25) is 5.89 Å². The first kappa shape index (κ1) is 20.8. The van der Waals surface area contributed by atoms with Gasteiger partial charge < -0.3 is 14.6 Å².